The standard InChI is InChI=1S/C32H41F3O/c1-3-5-7-23-10-13-26(30(33)20-23)21-36-27-16-14-25(15-17-27)29-19-18-28(31(34)32(29)35)24-11-8-22(6-4-2)9-12-24/h14-20,22-24,26H,3-13,21H2,1-2H3. The van der Waals surface area contributed by atoms with Gasteiger partial charge in [-0.25, -0.2) is 13.2 Å². The average Bonchev–Trinajstić information content (AvgIpc) is 2.90. The molecule has 0 saturated heterocycles. The van der Waals surface area contributed by atoms with E-state index in [9.17, 15) is 4.39 Å². The first-order valence-corrected chi connectivity index (χ1v) is 14.1. The quantitative estimate of drug-likeness (QED) is 0.317. The van der Waals surface area contributed by atoms with Crippen LogP contribution in [-0.2, 0) is 0 Å². The Kier molecular flexibility index (Phi) is 9.56. The normalized spacial score (nSPS) is 24.4. The fraction of sp³-hybridized carbons (Fsp3) is 0.562. The van der Waals surface area contributed by atoms with Crippen molar-refractivity contribution in [2.45, 2.75) is 90.4 Å². The summed E-state index contributed by atoms with van der Waals surface area (Å²) in [5.41, 5.74) is 1.40. The van der Waals surface area contributed by atoms with E-state index < -0.39 is 11.6 Å². The maximum Gasteiger partial charge on any atom is 0.166 e. The molecule has 2 aromatic rings. The van der Waals surface area contributed by atoms with Gasteiger partial charge in [0.1, 0.15) is 11.6 Å². The Morgan fingerprint density at radius 3 is 2.19 bits per heavy atom. The molecule has 0 heterocycles. The molecule has 1 nitrogen and oxygen atoms in total. The van der Waals surface area contributed by atoms with Crippen molar-refractivity contribution in [2.24, 2.45) is 17.8 Å². The monoisotopic (exact) mass is 498 g/mol. The first-order chi connectivity index (χ1) is 17.5. The molecule has 4 heteroatoms. The van der Waals surface area contributed by atoms with Crippen LogP contribution in [-0.4, -0.2) is 6.61 Å². The summed E-state index contributed by atoms with van der Waals surface area (Å²) in [4.78, 5) is 0. The number of halogens is 3. The molecule has 0 bridgehead atoms. The highest BCUT2D eigenvalue weighted by Gasteiger charge is 2.27. The van der Waals surface area contributed by atoms with Gasteiger partial charge in [-0.3, -0.25) is 0 Å². The fourth-order valence-corrected chi connectivity index (χ4v) is 6.06. The third-order valence-electron chi connectivity index (χ3n) is 8.31. The van der Waals surface area contributed by atoms with Crippen molar-refractivity contribution in [2.75, 3.05) is 6.61 Å². The van der Waals surface area contributed by atoms with E-state index in [0.717, 1.165) is 63.7 Å². The lowest BCUT2D eigenvalue weighted by Gasteiger charge is -2.29. The van der Waals surface area contributed by atoms with Crippen LogP contribution in [0.1, 0.15) is 96.0 Å². The minimum atomic E-state index is -0.774. The number of unbranched alkanes of at least 4 members (excludes halogenated alkanes) is 1. The molecular formula is C32H41F3O. The zero-order chi connectivity index (χ0) is 25.5. The van der Waals surface area contributed by atoms with E-state index in [1.165, 1.54) is 12.8 Å². The highest BCUT2D eigenvalue weighted by Crippen LogP contribution is 2.40. The van der Waals surface area contributed by atoms with Gasteiger partial charge in [-0.2, -0.15) is 0 Å². The molecule has 0 N–H and O–H groups in total. The van der Waals surface area contributed by atoms with E-state index in [-0.39, 0.29) is 23.2 Å². The van der Waals surface area contributed by atoms with E-state index >= 15 is 8.78 Å². The van der Waals surface area contributed by atoms with Gasteiger partial charge < -0.3 is 4.74 Å². The van der Waals surface area contributed by atoms with Gasteiger partial charge in [0.15, 0.2) is 11.6 Å². The third-order valence-corrected chi connectivity index (χ3v) is 8.31. The van der Waals surface area contributed by atoms with Gasteiger partial charge in [-0.1, -0.05) is 63.8 Å². The molecular weight excluding hydrogens is 457 g/mol. The number of hydrogen-bond acceptors (Lipinski definition) is 1. The second-order valence-electron chi connectivity index (χ2n) is 10.9. The first-order valence-electron chi connectivity index (χ1n) is 14.1. The van der Waals surface area contributed by atoms with Crippen molar-refractivity contribution in [3.05, 3.63) is 65.5 Å². The maximum absolute atomic E-state index is 15.1. The van der Waals surface area contributed by atoms with Crippen LogP contribution in [0.3, 0.4) is 0 Å². The molecule has 0 aromatic heterocycles. The highest BCUT2D eigenvalue weighted by molar-refractivity contribution is 5.65. The summed E-state index contributed by atoms with van der Waals surface area (Å²) in [6.07, 6.45) is 13.4. The smallest absolute Gasteiger partial charge is 0.166 e. The SMILES string of the molecule is CCCCC1C=C(F)C(COc2ccc(-c3ccc(C4CCC(CCC)CC4)c(F)c3F)cc2)CC1. The lowest BCUT2D eigenvalue weighted by Crippen LogP contribution is -2.19. The van der Waals surface area contributed by atoms with Crippen molar-refractivity contribution in [3.8, 4) is 16.9 Å². The zero-order valence-electron chi connectivity index (χ0n) is 21.9. The van der Waals surface area contributed by atoms with E-state index in [1.54, 1.807) is 42.5 Å². The zero-order valence-corrected chi connectivity index (χ0v) is 21.9. The van der Waals surface area contributed by atoms with Crippen molar-refractivity contribution < 1.29 is 17.9 Å². The number of benzene rings is 2. The summed E-state index contributed by atoms with van der Waals surface area (Å²) in [5.74, 6) is 0.0435. The average molecular weight is 499 g/mol. The van der Waals surface area contributed by atoms with Gasteiger partial charge in [0.2, 0.25) is 0 Å². The Labute approximate surface area is 215 Å². The van der Waals surface area contributed by atoms with Crippen molar-refractivity contribution in [1.29, 1.82) is 0 Å². The summed E-state index contributed by atoms with van der Waals surface area (Å²) < 4.78 is 50.5. The minimum absolute atomic E-state index is 0.0598. The van der Waals surface area contributed by atoms with Crippen LogP contribution in [0, 0.1) is 29.4 Å². The Balaban J connectivity index is 1.36. The predicted octanol–water partition coefficient (Wildman–Crippen LogP) is 10.2. The lowest BCUT2D eigenvalue weighted by atomic mass is 9.77. The molecule has 1 saturated carbocycles. The molecule has 2 aliphatic carbocycles. The molecule has 0 amide bonds. The summed E-state index contributed by atoms with van der Waals surface area (Å²) in [7, 11) is 0. The Morgan fingerprint density at radius 1 is 0.778 bits per heavy atom. The van der Waals surface area contributed by atoms with Gasteiger partial charge in [0.05, 0.1) is 6.61 Å². The highest BCUT2D eigenvalue weighted by atomic mass is 19.2. The van der Waals surface area contributed by atoms with Crippen molar-refractivity contribution >= 4 is 0 Å². The molecule has 2 atom stereocenters. The number of rotatable bonds is 10. The molecule has 196 valence electrons. The van der Waals surface area contributed by atoms with Gasteiger partial charge in [-0.15, -0.1) is 0 Å². The van der Waals surface area contributed by atoms with Gasteiger partial charge in [-0.05, 0) is 92.0 Å². The number of hydrogen-bond donors (Lipinski definition) is 0. The topological polar surface area (TPSA) is 9.23 Å². The Hall–Kier alpha value is -2.23. The molecule has 0 aliphatic heterocycles. The molecule has 0 spiro atoms. The first kappa shape index (κ1) is 26.8. The molecule has 2 aliphatic rings. The summed E-state index contributed by atoms with van der Waals surface area (Å²) in [6.45, 7) is 4.65. The predicted molar refractivity (Wildman–Crippen MR) is 142 cm³/mol. The molecule has 0 radical (unpaired) electrons. The largest absolute Gasteiger partial charge is 0.493 e. The van der Waals surface area contributed by atoms with Crippen molar-refractivity contribution in [3.63, 3.8) is 0 Å². The summed E-state index contributed by atoms with van der Waals surface area (Å²) in [5, 5.41) is 0. The van der Waals surface area contributed by atoms with E-state index in [2.05, 4.69) is 13.8 Å². The summed E-state index contributed by atoms with van der Waals surface area (Å²) in [6, 6.07) is 10.5. The van der Waals surface area contributed by atoms with Gasteiger partial charge >= 0.3 is 0 Å². The van der Waals surface area contributed by atoms with Crippen LogP contribution in [0.15, 0.2) is 48.3 Å². The molecule has 1 fully saturated rings. The second kappa shape index (κ2) is 12.8. The number of ether oxygens (including phenoxy) is 1. The van der Waals surface area contributed by atoms with Crippen LogP contribution in [0.4, 0.5) is 13.2 Å². The van der Waals surface area contributed by atoms with Crippen LogP contribution >= 0.6 is 0 Å². The van der Waals surface area contributed by atoms with Crippen molar-refractivity contribution in [1.82, 2.24) is 0 Å². The van der Waals surface area contributed by atoms with Gasteiger partial charge in [0.25, 0.3) is 0 Å². The Morgan fingerprint density at radius 2 is 1.53 bits per heavy atom. The lowest BCUT2D eigenvalue weighted by molar-refractivity contribution is 0.222. The molecule has 2 aromatic carbocycles. The molecule has 36 heavy (non-hydrogen) atoms. The Bertz CT molecular complexity index is 1000. The molecule has 2 unspecified atom stereocenters. The van der Waals surface area contributed by atoms with E-state index in [4.69, 9.17) is 4.74 Å². The summed E-state index contributed by atoms with van der Waals surface area (Å²) >= 11 is 0. The molecule has 4 rings (SSSR count). The van der Waals surface area contributed by atoms with E-state index in [0.29, 0.717) is 29.4 Å². The van der Waals surface area contributed by atoms with Crippen LogP contribution in [0.5, 0.6) is 5.75 Å². The fourth-order valence-electron chi connectivity index (χ4n) is 6.06. The van der Waals surface area contributed by atoms with Gasteiger partial charge in [0, 0.05) is 11.5 Å². The minimum Gasteiger partial charge on any atom is -0.493 e. The number of allylic oxidation sites excluding steroid dienone is 1. The maximum atomic E-state index is 15.1. The third kappa shape index (κ3) is 6.55. The van der Waals surface area contributed by atoms with Crippen LogP contribution in [0.2, 0.25) is 0 Å². The second-order valence-corrected chi connectivity index (χ2v) is 10.9. The van der Waals surface area contributed by atoms with Crippen LogP contribution < -0.4 is 4.74 Å². The van der Waals surface area contributed by atoms with Crippen LogP contribution in [0.25, 0.3) is 11.1 Å². The van der Waals surface area contributed by atoms with E-state index in [1.807, 2.05) is 0 Å².